The SMILES string of the molecule is Oc1ccc(-c2ccccn2)cc1CNC1CCCC1. The van der Waals surface area contributed by atoms with Crippen LogP contribution in [0, 0.1) is 0 Å². The molecule has 2 aromatic rings. The minimum absolute atomic E-state index is 0.357. The van der Waals surface area contributed by atoms with E-state index >= 15 is 0 Å². The van der Waals surface area contributed by atoms with Gasteiger partial charge in [-0.25, -0.2) is 0 Å². The average molecular weight is 268 g/mol. The average Bonchev–Trinajstić information content (AvgIpc) is 3.01. The van der Waals surface area contributed by atoms with E-state index in [2.05, 4.69) is 10.3 Å². The maximum Gasteiger partial charge on any atom is 0.120 e. The van der Waals surface area contributed by atoms with Crippen LogP contribution in [0.25, 0.3) is 11.3 Å². The Labute approximate surface area is 119 Å². The van der Waals surface area contributed by atoms with Crippen LogP contribution in [-0.2, 0) is 6.54 Å². The molecule has 1 aliphatic carbocycles. The van der Waals surface area contributed by atoms with Crippen molar-refractivity contribution < 1.29 is 5.11 Å². The second-order valence-corrected chi connectivity index (χ2v) is 5.42. The summed E-state index contributed by atoms with van der Waals surface area (Å²) in [4.78, 5) is 4.36. The Hall–Kier alpha value is -1.87. The van der Waals surface area contributed by atoms with E-state index in [9.17, 15) is 5.11 Å². The molecule has 1 aliphatic rings. The Kier molecular flexibility index (Phi) is 3.97. The molecular formula is C17H20N2O. The third-order valence-corrected chi connectivity index (χ3v) is 3.98. The number of aromatic nitrogens is 1. The number of hydrogen-bond acceptors (Lipinski definition) is 3. The maximum atomic E-state index is 10.00. The number of aromatic hydroxyl groups is 1. The number of hydrogen-bond donors (Lipinski definition) is 2. The summed E-state index contributed by atoms with van der Waals surface area (Å²) >= 11 is 0. The molecule has 0 aliphatic heterocycles. The van der Waals surface area contributed by atoms with Crippen molar-refractivity contribution in [3.63, 3.8) is 0 Å². The van der Waals surface area contributed by atoms with Crippen molar-refractivity contribution in [3.8, 4) is 17.0 Å². The summed E-state index contributed by atoms with van der Waals surface area (Å²) in [7, 11) is 0. The number of phenols is 1. The van der Waals surface area contributed by atoms with Crippen molar-refractivity contribution in [2.45, 2.75) is 38.3 Å². The van der Waals surface area contributed by atoms with Gasteiger partial charge in [0.2, 0.25) is 0 Å². The molecule has 1 fully saturated rings. The Balaban J connectivity index is 1.76. The van der Waals surface area contributed by atoms with Crippen molar-refractivity contribution in [1.29, 1.82) is 0 Å². The highest BCUT2D eigenvalue weighted by Gasteiger charge is 2.14. The molecule has 3 nitrogen and oxygen atoms in total. The highest BCUT2D eigenvalue weighted by Crippen LogP contribution is 2.25. The molecule has 1 aromatic heterocycles. The molecule has 2 N–H and O–H groups in total. The van der Waals surface area contributed by atoms with Gasteiger partial charge in [-0.3, -0.25) is 4.98 Å². The quantitative estimate of drug-likeness (QED) is 0.892. The molecule has 104 valence electrons. The van der Waals surface area contributed by atoms with Gasteiger partial charge in [-0.2, -0.15) is 0 Å². The summed E-state index contributed by atoms with van der Waals surface area (Å²) < 4.78 is 0. The van der Waals surface area contributed by atoms with Gasteiger partial charge in [0, 0.05) is 29.9 Å². The van der Waals surface area contributed by atoms with E-state index in [1.165, 1.54) is 25.7 Å². The topological polar surface area (TPSA) is 45.2 Å². The lowest BCUT2D eigenvalue weighted by Gasteiger charge is -2.13. The van der Waals surface area contributed by atoms with Gasteiger partial charge in [-0.1, -0.05) is 18.9 Å². The predicted octanol–water partition coefficient (Wildman–Crippen LogP) is 3.49. The Bertz CT molecular complexity index is 562. The summed E-state index contributed by atoms with van der Waals surface area (Å²) in [5.74, 6) is 0.357. The largest absolute Gasteiger partial charge is 0.508 e. The molecule has 3 heteroatoms. The Morgan fingerprint density at radius 3 is 2.75 bits per heavy atom. The molecule has 1 saturated carbocycles. The van der Waals surface area contributed by atoms with Crippen LogP contribution in [0.3, 0.4) is 0 Å². The number of nitrogens with one attached hydrogen (secondary N) is 1. The standard InChI is InChI=1S/C17H20N2O/c20-17-9-8-13(16-7-3-4-10-18-16)11-14(17)12-19-15-5-1-2-6-15/h3-4,7-11,15,19-20H,1-2,5-6,12H2. The molecule has 0 bridgehead atoms. The van der Waals surface area contributed by atoms with Gasteiger partial charge in [0.15, 0.2) is 0 Å². The number of pyridine rings is 1. The first-order valence-corrected chi connectivity index (χ1v) is 7.29. The fraction of sp³-hybridized carbons (Fsp3) is 0.353. The fourth-order valence-electron chi connectivity index (χ4n) is 2.80. The minimum atomic E-state index is 0.357. The highest BCUT2D eigenvalue weighted by molar-refractivity contribution is 5.61. The maximum absolute atomic E-state index is 10.00. The molecule has 0 radical (unpaired) electrons. The second kappa shape index (κ2) is 6.06. The van der Waals surface area contributed by atoms with Crippen molar-refractivity contribution in [1.82, 2.24) is 10.3 Å². The van der Waals surface area contributed by atoms with Crippen LogP contribution in [0.4, 0.5) is 0 Å². The molecule has 0 spiro atoms. The van der Waals surface area contributed by atoms with Gasteiger partial charge in [0.05, 0.1) is 5.69 Å². The zero-order valence-electron chi connectivity index (χ0n) is 11.5. The zero-order chi connectivity index (χ0) is 13.8. The smallest absolute Gasteiger partial charge is 0.120 e. The Morgan fingerprint density at radius 2 is 2.00 bits per heavy atom. The van der Waals surface area contributed by atoms with E-state index in [4.69, 9.17) is 0 Å². The lowest BCUT2D eigenvalue weighted by Crippen LogP contribution is -2.25. The van der Waals surface area contributed by atoms with E-state index in [1.807, 2.05) is 30.3 Å². The molecule has 0 atom stereocenters. The second-order valence-electron chi connectivity index (χ2n) is 5.42. The van der Waals surface area contributed by atoms with Gasteiger partial charge < -0.3 is 10.4 Å². The van der Waals surface area contributed by atoms with Gasteiger partial charge in [-0.15, -0.1) is 0 Å². The summed E-state index contributed by atoms with van der Waals surface area (Å²) in [6.45, 7) is 0.719. The number of phenolic OH excluding ortho intramolecular Hbond substituents is 1. The number of rotatable bonds is 4. The molecule has 3 rings (SSSR count). The molecule has 0 saturated heterocycles. The first kappa shape index (κ1) is 13.1. The molecule has 0 amide bonds. The lowest BCUT2D eigenvalue weighted by atomic mass is 10.1. The van der Waals surface area contributed by atoms with Crippen LogP contribution < -0.4 is 5.32 Å². The van der Waals surface area contributed by atoms with Crippen LogP contribution in [0.1, 0.15) is 31.2 Å². The van der Waals surface area contributed by atoms with Crippen LogP contribution >= 0.6 is 0 Å². The van der Waals surface area contributed by atoms with Crippen LogP contribution in [0.5, 0.6) is 5.75 Å². The van der Waals surface area contributed by atoms with Crippen molar-refractivity contribution in [2.75, 3.05) is 0 Å². The normalized spacial score (nSPS) is 15.6. The molecule has 1 aromatic carbocycles. The first-order chi connectivity index (χ1) is 9.83. The predicted molar refractivity (Wildman–Crippen MR) is 80.4 cm³/mol. The van der Waals surface area contributed by atoms with Crippen LogP contribution in [-0.4, -0.2) is 16.1 Å². The van der Waals surface area contributed by atoms with Gasteiger partial charge in [0.1, 0.15) is 5.75 Å². The first-order valence-electron chi connectivity index (χ1n) is 7.29. The van der Waals surface area contributed by atoms with Gasteiger partial charge in [0.25, 0.3) is 0 Å². The molecule has 20 heavy (non-hydrogen) atoms. The van der Waals surface area contributed by atoms with E-state index in [-0.39, 0.29) is 0 Å². The van der Waals surface area contributed by atoms with E-state index < -0.39 is 0 Å². The van der Waals surface area contributed by atoms with Gasteiger partial charge >= 0.3 is 0 Å². The van der Waals surface area contributed by atoms with Crippen LogP contribution in [0.15, 0.2) is 42.6 Å². The highest BCUT2D eigenvalue weighted by atomic mass is 16.3. The summed E-state index contributed by atoms with van der Waals surface area (Å²) in [5.41, 5.74) is 2.93. The van der Waals surface area contributed by atoms with E-state index in [0.29, 0.717) is 11.8 Å². The monoisotopic (exact) mass is 268 g/mol. The fourth-order valence-corrected chi connectivity index (χ4v) is 2.80. The summed E-state index contributed by atoms with van der Waals surface area (Å²) in [6.07, 6.45) is 6.93. The third-order valence-electron chi connectivity index (χ3n) is 3.98. The zero-order valence-corrected chi connectivity index (χ0v) is 11.5. The molecule has 1 heterocycles. The number of nitrogens with zero attached hydrogens (tertiary/aromatic N) is 1. The summed E-state index contributed by atoms with van der Waals surface area (Å²) in [5, 5.41) is 13.5. The van der Waals surface area contributed by atoms with E-state index in [1.54, 1.807) is 12.3 Å². The summed E-state index contributed by atoms with van der Waals surface area (Å²) in [6, 6.07) is 12.2. The van der Waals surface area contributed by atoms with Gasteiger partial charge in [-0.05, 0) is 43.2 Å². The third kappa shape index (κ3) is 2.99. The molecular weight excluding hydrogens is 248 g/mol. The van der Waals surface area contributed by atoms with Crippen molar-refractivity contribution in [3.05, 3.63) is 48.2 Å². The van der Waals surface area contributed by atoms with Crippen molar-refractivity contribution >= 4 is 0 Å². The molecule has 0 unspecified atom stereocenters. The minimum Gasteiger partial charge on any atom is -0.508 e. The van der Waals surface area contributed by atoms with Crippen molar-refractivity contribution in [2.24, 2.45) is 0 Å². The lowest BCUT2D eigenvalue weighted by molar-refractivity contribution is 0.456. The van der Waals surface area contributed by atoms with Crippen LogP contribution in [0.2, 0.25) is 0 Å². The Morgan fingerprint density at radius 1 is 1.15 bits per heavy atom. The number of benzene rings is 1. The van der Waals surface area contributed by atoms with E-state index in [0.717, 1.165) is 23.4 Å².